The average Bonchev–Trinajstić information content (AvgIpc) is 3.06. The van der Waals surface area contributed by atoms with E-state index in [1.54, 1.807) is 35.2 Å². The third kappa shape index (κ3) is 9.11. The van der Waals surface area contributed by atoms with Gasteiger partial charge in [-0.1, -0.05) is 102 Å². The SMILES string of the molecule is Cc1cc(C)cc(N(CC(=O)N(Cc2ccc(Br)cc2)C(Cc2ccccc2)C(=O)NC2CCCCC2)S(=O)(=O)c2ccccc2)c1. The van der Waals surface area contributed by atoms with Gasteiger partial charge >= 0.3 is 0 Å². The van der Waals surface area contributed by atoms with Gasteiger partial charge in [-0.3, -0.25) is 13.9 Å². The van der Waals surface area contributed by atoms with Gasteiger partial charge in [0.15, 0.2) is 0 Å². The van der Waals surface area contributed by atoms with Crippen LogP contribution in [-0.2, 0) is 32.6 Å². The summed E-state index contributed by atoms with van der Waals surface area (Å²) in [6.45, 7) is 3.46. The van der Waals surface area contributed by atoms with E-state index in [-0.39, 0.29) is 29.8 Å². The molecule has 0 aromatic heterocycles. The summed E-state index contributed by atoms with van der Waals surface area (Å²) in [4.78, 5) is 30.6. The summed E-state index contributed by atoms with van der Waals surface area (Å²) in [7, 11) is -4.14. The predicted octanol–water partition coefficient (Wildman–Crippen LogP) is 7.35. The zero-order chi connectivity index (χ0) is 33.4. The molecule has 1 saturated carbocycles. The summed E-state index contributed by atoms with van der Waals surface area (Å²) in [5.74, 6) is -0.693. The molecule has 0 heterocycles. The van der Waals surface area contributed by atoms with Crippen molar-refractivity contribution >= 4 is 43.5 Å². The van der Waals surface area contributed by atoms with Crippen molar-refractivity contribution in [3.8, 4) is 0 Å². The third-order valence-electron chi connectivity index (χ3n) is 8.59. The highest BCUT2D eigenvalue weighted by Crippen LogP contribution is 2.27. The number of halogens is 1. The van der Waals surface area contributed by atoms with Gasteiger partial charge in [0.2, 0.25) is 11.8 Å². The minimum atomic E-state index is -4.14. The van der Waals surface area contributed by atoms with E-state index >= 15 is 0 Å². The quantitative estimate of drug-likeness (QED) is 0.166. The lowest BCUT2D eigenvalue weighted by molar-refractivity contribution is -0.140. The maximum atomic E-state index is 14.7. The Morgan fingerprint density at radius 2 is 1.40 bits per heavy atom. The number of anilines is 1. The smallest absolute Gasteiger partial charge is 0.264 e. The zero-order valence-corrected chi connectivity index (χ0v) is 29.3. The maximum absolute atomic E-state index is 14.7. The number of aryl methyl sites for hydroxylation is 2. The van der Waals surface area contributed by atoms with Crippen LogP contribution in [-0.4, -0.2) is 43.8 Å². The third-order valence-corrected chi connectivity index (χ3v) is 10.9. The van der Waals surface area contributed by atoms with E-state index in [1.165, 1.54) is 16.4 Å². The normalized spacial score (nSPS) is 14.3. The number of nitrogens with zero attached hydrogens (tertiary/aromatic N) is 2. The van der Waals surface area contributed by atoms with Crippen LogP contribution in [0.25, 0.3) is 0 Å². The van der Waals surface area contributed by atoms with Crippen molar-refractivity contribution in [3.05, 3.63) is 130 Å². The predicted molar refractivity (Wildman–Crippen MR) is 191 cm³/mol. The number of carbonyl (C=O) groups is 2. The molecule has 0 bridgehead atoms. The molecule has 0 radical (unpaired) electrons. The first-order chi connectivity index (χ1) is 22.6. The summed E-state index contributed by atoms with van der Waals surface area (Å²) >= 11 is 3.49. The number of nitrogens with one attached hydrogen (secondary N) is 1. The molecule has 1 N–H and O–H groups in total. The molecular weight excluding hydrogens is 674 g/mol. The van der Waals surface area contributed by atoms with E-state index in [0.717, 1.165) is 58.8 Å². The fraction of sp³-hybridized carbons (Fsp3) is 0.316. The monoisotopic (exact) mass is 715 g/mol. The van der Waals surface area contributed by atoms with Crippen molar-refractivity contribution in [2.45, 2.75) is 75.9 Å². The zero-order valence-electron chi connectivity index (χ0n) is 26.9. The number of benzene rings is 4. The Bertz CT molecular complexity index is 1740. The van der Waals surface area contributed by atoms with Gasteiger partial charge in [-0.05, 0) is 85.3 Å². The Morgan fingerprint density at radius 3 is 2.02 bits per heavy atom. The molecular formula is C38H42BrN3O4S. The van der Waals surface area contributed by atoms with Crippen molar-refractivity contribution in [2.75, 3.05) is 10.8 Å². The number of sulfonamides is 1. The first-order valence-electron chi connectivity index (χ1n) is 16.1. The van der Waals surface area contributed by atoms with Crippen molar-refractivity contribution in [1.29, 1.82) is 0 Å². The van der Waals surface area contributed by atoms with E-state index < -0.39 is 28.5 Å². The highest BCUT2D eigenvalue weighted by molar-refractivity contribution is 9.10. The van der Waals surface area contributed by atoms with Gasteiger partial charge in [-0.2, -0.15) is 0 Å². The van der Waals surface area contributed by atoms with Crippen LogP contribution in [0.2, 0.25) is 0 Å². The van der Waals surface area contributed by atoms with E-state index in [0.29, 0.717) is 5.69 Å². The molecule has 1 aliphatic rings. The van der Waals surface area contributed by atoms with Gasteiger partial charge in [0, 0.05) is 23.5 Å². The summed E-state index contributed by atoms with van der Waals surface area (Å²) < 4.78 is 30.5. The Morgan fingerprint density at radius 1 is 0.809 bits per heavy atom. The maximum Gasteiger partial charge on any atom is 0.264 e. The van der Waals surface area contributed by atoms with Crippen molar-refractivity contribution in [1.82, 2.24) is 10.2 Å². The van der Waals surface area contributed by atoms with Crippen LogP contribution >= 0.6 is 15.9 Å². The fourth-order valence-electron chi connectivity index (χ4n) is 6.23. The Balaban J connectivity index is 1.57. The minimum absolute atomic E-state index is 0.0457. The topological polar surface area (TPSA) is 86.8 Å². The second-order valence-corrected chi connectivity index (χ2v) is 15.1. The van der Waals surface area contributed by atoms with Crippen molar-refractivity contribution in [2.24, 2.45) is 0 Å². The number of hydrogen-bond donors (Lipinski definition) is 1. The molecule has 4 aromatic carbocycles. The standard InChI is InChI=1S/C38H42BrN3O4S/c1-28-22-29(2)24-34(23-28)42(47(45,46)35-16-10-5-11-17-35)27-37(43)41(26-31-18-20-32(39)21-19-31)36(25-30-12-6-3-7-13-30)38(44)40-33-14-8-4-9-15-33/h3,5-7,10-13,16-24,33,36H,4,8-9,14-15,25-27H2,1-2H3,(H,40,44). The summed E-state index contributed by atoms with van der Waals surface area (Å²) in [6.07, 6.45) is 5.35. The molecule has 9 heteroatoms. The number of rotatable bonds is 12. The van der Waals surface area contributed by atoms with Crippen LogP contribution < -0.4 is 9.62 Å². The van der Waals surface area contributed by atoms with E-state index in [1.807, 2.05) is 74.5 Å². The lowest BCUT2D eigenvalue weighted by atomic mass is 9.94. The first-order valence-corrected chi connectivity index (χ1v) is 18.4. The highest BCUT2D eigenvalue weighted by Gasteiger charge is 2.35. The van der Waals surface area contributed by atoms with Crippen molar-refractivity contribution in [3.63, 3.8) is 0 Å². The number of amides is 2. The lowest BCUT2D eigenvalue weighted by Crippen LogP contribution is -2.55. The van der Waals surface area contributed by atoms with Crippen LogP contribution in [0.5, 0.6) is 0 Å². The molecule has 2 amide bonds. The molecule has 0 aliphatic heterocycles. The van der Waals surface area contributed by atoms with E-state index in [9.17, 15) is 18.0 Å². The second kappa shape index (κ2) is 15.8. The number of hydrogen-bond acceptors (Lipinski definition) is 4. The van der Waals surface area contributed by atoms with Crippen LogP contribution in [0.4, 0.5) is 5.69 Å². The molecule has 0 saturated heterocycles. The van der Waals surface area contributed by atoms with Gasteiger partial charge in [0.1, 0.15) is 12.6 Å². The first kappa shape index (κ1) is 34.4. The molecule has 1 fully saturated rings. The Labute approximate surface area is 287 Å². The molecule has 1 aliphatic carbocycles. The summed E-state index contributed by atoms with van der Waals surface area (Å²) in [5.41, 5.74) is 3.89. The molecule has 4 aromatic rings. The van der Waals surface area contributed by atoms with E-state index in [4.69, 9.17) is 0 Å². The molecule has 7 nitrogen and oxygen atoms in total. The lowest BCUT2D eigenvalue weighted by Gasteiger charge is -2.35. The van der Waals surface area contributed by atoms with Gasteiger partial charge in [-0.15, -0.1) is 0 Å². The Hall–Kier alpha value is -3.95. The molecule has 246 valence electrons. The molecule has 5 rings (SSSR count). The van der Waals surface area contributed by atoms with Crippen LogP contribution in [0.1, 0.15) is 54.4 Å². The summed E-state index contributed by atoms with van der Waals surface area (Å²) in [5, 5.41) is 3.25. The van der Waals surface area contributed by atoms with Crippen LogP contribution in [0, 0.1) is 13.8 Å². The molecule has 1 atom stereocenters. The Kier molecular flexibility index (Phi) is 11.5. The number of carbonyl (C=O) groups excluding carboxylic acids is 2. The van der Waals surface area contributed by atoms with Gasteiger partial charge in [0.25, 0.3) is 10.0 Å². The second-order valence-electron chi connectivity index (χ2n) is 12.4. The van der Waals surface area contributed by atoms with Gasteiger partial charge in [0.05, 0.1) is 10.6 Å². The largest absolute Gasteiger partial charge is 0.352 e. The summed E-state index contributed by atoms with van der Waals surface area (Å²) in [6, 6.07) is 30.1. The van der Waals surface area contributed by atoms with E-state index in [2.05, 4.69) is 21.2 Å². The van der Waals surface area contributed by atoms with Gasteiger partial charge in [-0.25, -0.2) is 8.42 Å². The minimum Gasteiger partial charge on any atom is -0.352 e. The molecule has 0 spiro atoms. The van der Waals surface area contributed by atoms with Crippen LogP contribution in [0.3, 0.4) is 0 Å². The van der Waals surface area contributed by atoms with Gasteiger partial charge < -0.3 is 10.2 Å². The fourth-order valence-corrected chi connectivity index (χ4v) is 7.91. The van der Waals surface area contributed by atoms with Crippen molar-refractivity contribution < 1.29 is 18.0 Å². The highest BCUT2D eigenvalue weighted by atomic mass is 79.9. The molecule has 1 unspecified atom stereocenters. The molecule has 47 heavy (non-hydrogen) atoms. The van der Waals surface area contributed by atoms with Crippen LogP contribution in [0.15, 0.2) is 112 Å². The average molecular weight is 717 g/mol.